The summed E-state index contributed by atoms with van der Waals surface area (Å²) in [5.41, 5.74) is -0.845. The summed E-state index contributed by atoms with van der Waals surface area (Å²) in [4.78, 5) is 23.6. The molecule has 0 aliphatic rings. The maximum Gasteiger partial charge on any atom is 0.417 e. The van der Waals surface area contributed by atoms with Crippen molar-refractivity contribution in [3.63, 3.8) is 0 Å². The smallest absolute Gasteiger partial charge is 0.343 e. The highest BCUT2D eigenvalue weighted by atomic mass is 35.5. The van der Waals surface area contributed by atoms with Gasteiger partial charge in [-0.25, -0.2) is 0 Å². The molecular formula is C16H11Cl2F3N2O2. The number of carbonyl (C=O) groups excluding carboxylic acids is 2. The first-order valence-corrected chi connectivity index (χ1v) is 7.63. The Morgan fingerprint density at radius 3 is 2.24 bits per heavy atom. The lowest BCUT2D eigenvalue weighted by Gasteiger charge is -2.12. The summed E-state index contributed by atoms with van der Waals surface area (Å²) in [6.45, 7) is -0.411. The molecule has 2 aromatic carbocycles. The number of rotatable bonds is 4. The minimum Gasteiger partial charge on any atom is -0.343 e. The number of halogens is 5. The van der Waals surface area contributed by atoms with E-state index >= 15 is 0 Å². The fourth-order valence-electron chi connectivity index (χ4n) is 1.89. The summed E-state index contributed by atoms with van der Waals surface area (Å²) in [6.07, 6.45) is -4.64. The third-order valence-corrected chi connectivity index (χ3v) is 3.65. The fraction of sp³-hybridized carbons (Fsp3) is 0.125. The fourth-order valence-corrected chi connectivity index (χ4v) is 2.24. The van der Waals surface area contributed by atoms with Gasteiger partial charge in [0.1, 0.15) is 0 Å². The van der Waals surface area contributed by atoms with Crippen molar-refractivity contribution in [2.75, 3.05) is 11.9 Å². The molecule has 0 spiro atoms. The van der Waals surface area contributed by atoms with E-state index in [0.29, 0.717) is 10.6 Å². The average molecular weight is 391 g/mol. The number of amides is 2. The standard InChI is InChI=1S/C16H11Cl2F3N2O2/c17-10-3-1-9(2-4-10)15(25)22-8-14(24)23-11-5-6-13(18)12(7-11)16(19,20)21/h1-7H,8H2,(H,22,25)(H,23,24). The monoisotopic (exact) mass is 390 g/mol. The number of benzene rings is 2. The lowest BCUT2D eigenvalue weighted by atomic mass is 10.2. The molecule has 4 nitrogen and oxygen atoms in total. The normalized spacial score (nSPS) is 11.1. The second kappa shape index (κ2) is 7.76. The van der Waals surface area contributed by atoms with Crippen LogP contribution in [0.4, 0.5) is 18.9 Å². The molecule has 0 aliphatic carbocycles. The first kappa shape index (κ1) is 19.1. The highest BCUT2D eigenvalue weighted by Gasteiger charge is 2.33. The summed E-state index contributed by atoms with van der Waals surface area (Å²) < 4.78 is 38.3. The summed E-state index contributed by atoms with van der Waals surface area (Å²) >= 11 is 11.2. The number of alkyl halides is 3. The third-order valence-electron chi connectivity index (χ3n) is 3.07. The number of anilines is 1. The molecule has 0 radical (unpaired) electrons. The number of hydrogen-bond donors (Lipinski definition) is 2. The first-order valence-electron chi connectivity index (χ1n) is 6.87. The van der Waals surface area contributed by atoms with Gasteiger partial charge in [0.25, 0.3) is 5.91 Å². The summed E-state index contributed by atoms with van der Waals surface area (Å²) in [7, 11) is 0. The van der Waals surface area contributed by atoms with E-state index in [2.05, 4.69) is 10.6 Å². The zero-order valence-electron chi connectivity index (χ0n) is 12.5. The molecule has 2 N–H and O–H groups in total. The molecular weight excluding hydrogens is 380 g/mol. The zero-order valence-corrected chi connectivity index (χ0v) is 14.0. The van der Waals surface area contributed by atoms with Crippen molar-refractivity contribution in [2.24, 2.45) is 0 Å². The minimum atomic E-state index is -4.64. The van der Waals surface area contributed by atoms with Crippen molar-refractivity contribution in [3.05, 3.63) is 63.6 Å². The van der Waals surface area contributed by atoms with E-state index in [1.165, 1.54) is 30.3 Å². The lowest BCUT2D eigenvalue weighted by Crippen LogP contribution is -2.32. The predicted octanol–water partition coefficient (Wildman–Crippen LogP) is 4.38. The van der Waals surface area contributed by atoms with Gasteiger partial charge >= 0.3 is 6.18 Å². The van der Waals surface area contributed by atoms with Crippen LogP contribution in [0.5, 0.6) is 0 Å². The highest BCUT2D eigenvalue weighted by Crippen LogP contribution is 2.36. The molecule has 2 amide bonds. The Bertz CT molecular complexity index is 793. The molecule has 2 aromatic rings. The number of nitrogens with one attached hydrogen (secondary N) is 2. The van der Waals surface area contributed by atoms with Crippen LogP contribution >= 0.6 is 23.2 Å². The van der Waals surface area contributed by atoms with Crippen LogP contribution in [0.2, 0.25) is 10.0 Å². The van der Waals surface area contributed by atoms with Gasteiger partial charge in [0.05, 0.1) is 17.1 Å². The van der Waals surface area contributed by atoms with Crippen LogP contribution in [-0.4, -0.2) is 18.4 Å². The van der Waals surface area contributed by atoms with Crippen molar-refractivity contribution in [3.8, 4) is 0 Å². The van der Waals surface area contributed by atoms with Crippen LogP contribution in [0.1, 0.15) is 15.9 Å². The second-order valence-electron chi connectivity index (χ2n) is 4.93. The highest BCUT2D eigenvalue weighted by molar-refractivity contribution is 6.31. The van der Waals surface area contributed by atoms with E-state index in [-0.39, 0.29) is 5.69 Å². The van der Waals surface area contributed by atoms with Crippen molar-refractivity contribution in [1.29, 1.82) is 0 Å². The maximum absolute atomic E-state index is 12.8. The number of hydrogen-bond acceptors (Lipinski definition) is 2. The largest absolute Gasteiger partial charge is 0.417 e. The third kappa shape index (κ3) is 5.37. The molecule has 2 rings (SSSR count). The van der Waals surface area contributed by atoms with Crippen molar-refractivity contribution >= 4 is 40.7 Å². The van der Waals surface area contributed by atoms with E-state index in [1.807, 2.05) is 0 Å². The molecule has 0 saturated carbocycles. The maximum atomic E-state index is 12.8. The van der Waals surface area contributed by atoms with Crippen LogP contribution in [0.15, 0.2) is 42.5 Å². The van der Waals surface area contributed by atoms with Gasteiger partial charge in [0, 0.05) is 16.3 Å². The molecule has 0 saturated heterocycles. The molecule has 25 heavy (non-hydrogen) atoms. The predicted molar refractivity (Wildman–Crippen MR) is 88.9 cm³/mol. The van der Waals surface area contributed by atoms with Crippen molar-refractivity contribution in [2.45, 2.75) is 6.18 Å². The molecule has 0 aliphatic heterocycles. The summed E-state index contributed by atoms with van der Waals surface area (Å²) in [5, 5.41) is 4.60. The Morgan fingerprint density at radius 1 is 1.00 bits per heavy atom. The summed E-state index contributed by atoms with van der Waals surface area (Å²) in [5.74, 6) is -1.20. The molecule has 0 unspecified atom stereocenters. The molecule has 132 valence electrons. The van der Waals surface area contributed by atoms with Gasteiger partial charge < -0.3 is 10.6 Å². The Balaban J connectivity index is 1.96. The van der Waals surface area contributed by atoms with Gasteiger partial charge in [-0.15, -0.1) is 0 Å². The van der Waals surface area contributed by atoms with E-state index < -0.39 is 35.1 Å². The second-order valence-corrected chi connectivity index (χ2v) is 5.77. The Hall–Kier alpha value is -2.25. The zero-order chi connectivity index (χ0) is 18.6. The summed E-state index contributed by atoms with van der Waals surface area (Å²) in [6, 6.07) is 8.98. The molecule has 0 heterocycles. The quantitative estimate of drug-likeness (QED) is 0.813. The van der Waals surface area contributed by atoms with Crippen molar-refractivity contribution in [1.82, 2.24) is 5.32 Å². The first-order chi connectivity index (χ1) is 11.7. The van der Waals surface area contributed by atoms with E-state index in [1.54, 1.807) is 0 Å². The van der Waals surface area contributed by atoms with Gasteiger partial charge in [-0.1, -0.05) is 23.2 Å². The topological polar surface area (TPSA) is 58.2 Å². The van der Waals surface area contributed by atoms with Crippen LogP contribution in [0, 0.1) is 0 Å². The van der Waals surface area contributed by atoms with Crippen LogP contribution in [-0.2, 0) is 11.0 Å². The minimum absolute atomic E-state index is 0.0810. The van der Waals surface area contributed by atoms with Gasteiger partial charge in [-0.05, 0) is 42.5 Å². The van der Waals surface area contributed by atoms with Crippen molar-refractivity contribution < 1.29 is 22.8 Å². The Morgan fingerprint density at radius 2 is 1.64 bits per heavy atom. The lowest BCUT2D eigenvalue weighted by molar-refractivity contribution is -0.137. The van der Waals surface area contributed by atoms with E-state index in [0.717, 1.165) is 12.1 Å². The van der Waals surface area contributed by atoms with E-state index in [4.69, 9.17) is 23.2 Å². The number of carbonyl (C=O) groups is 2. The molecule has 0 fully saturated rings. The molecule has 9 heteroatoms. The van der Waals surface area contributed by atoms with Gasteiger partial charge in [0.15, 0.2) is 0 Å². The van der Waals surface area contributed by atoms with Gasteiger partial charge in [0.2, 0.25) is 5.91 Å². The van der Waals surface area contributed by atoms with Gasteiger partial charge in [-0.2, -0.15) is 13.2 Å². The van der Waals surface area contributed by atoms with Gasteiger partial charge in [-0.3, -0.25) is 9.59 Å². The SMILES string of the molecule is O=C(CNC(=O)c1ccc(Cl)cc1)Nc1ccc(Cl)c(C(F)(F)F)c1. The van der Waals surface area contributed by atoms with E-state index in [9.17, 15) is 22.8 Å². The average Bonchev–Trinajstić information content (AvgIpc) is 2.54. The van der Waals surface area contributed by atoms with Crippen LogP contribution in [0.25, 0.3) is 0 Å². The molecule has 0 bridgehead atoms. The van der Waals surface area contributed by atoms with Crippen LogP contribution in [0.3, 0.4) is 0 Å². The Kier molecular flexibility index (Phi) is 5.92. The Labute approximate surface area is 150 Å². The molecule has 0 aromatic heterocycles. The van der Waals surface area contributed by atoms with Crippen LogP contribution < -0.4 is 10.6 Å². The molecule has 0 atom stereocenters.